The zero-order valence-electron chi connectivity index (χ0n) is 18.0. The Kier molecular flexibility index (Phi) is 6.74. The van der Waals surface area contributed by atoms with Gasteiger partial charge in [-0.25, -0.2) is 0 Å². The SMILES string of the molecule is COCCCN1C(=S)NC(c2ccccn2)C1c1cc(C)n(-c2ccccc2Br)c1C. The molecule has 1 saturated heterocycles. The number of nitrogens with one attached hydrogen (secondary N) is 1. The number of methoxy groups -OCH3 is 1. The number of benzene rings is 1. The van der Waals surface area contributed by atoms with Crippen LogP contribution >= 0.6 is 28.1 Å². The second kappa shape index (κ2) is 9.51. The maximum absolute atomic E-state index is 5.77. The van der Waals surface area contributed by atoms with Gasteiger partial charge in [0.2, 0.25) is 0 Å². The van der Waals surface area contributed by atoms with E-state index in [0.717, 1.165) is 33.9 Å². The number of halogens is 1. The van der Waals surface area contributed by atoms with Crippen molar-refractivity contribution in [2.45, 2.75) is 32.4 Å². The molecule has 0 aliphatic carbocycles. The van der Waals surface area contributed by atoms with E-state index in [9.17, 15) is 0 Å². The summed E-state index contributed by atoms with van der Waals surface area (Å²) >= 11 is 9.49. The van der Waals surface area contributed by atoms with E-state index in [4.69, 9.17) is 17.0 Å². The van der Waals surface area contributed by atoms with E-state index in [1.54, 1.807) is 7.11 Å². The summed E-state index contributed by atoms with van der Waals surface area (Å²) in [6.45, 7) is 5.87. The number of para-hydroxylation sites is 1. The van der Waals surface area contributed by atoms with Crippen LogP contribution in [0.15, 0.2) is 59.2 Å². The quantitative estimate of drug-likeness (QED) is 0.355. The molecule has 0 saturated carbocycles. The maximum atomic E-state index is 5.77. The highest BCUT2D eigenvalue weighted by Crippen LogP contribution is 2.41. The molecule has 0 radical (unpaired) electrons. The van der Waals surface area contributed by atoms with E-state index in [0.29, 0.717) is 6.61 Å². The summed E-state index contributed by atoms with van der Waals surface area (Å²) < 4.78 is 8.68. The monoisotopic (exact) mass is 498 g/mol. The number of pyridine rings is 1. The molecule has 1 fully saturated rings. The summed E-state index contributed by atoms with van der Waals surface area (Å²) in [4.78, 5) is 6.94. The fourth-order valence-electron chi connectivity index (χ4n) is 4.45. The molecule has 3 heterocycles. The van der Waals surface area contributed by atoms with Crippen LogP contribution in [0.1, 0.15) is 41.1 Å². The van der Waals surface area contributed by atoms with Gasteiger partial charge >= 0.3 is 0 Å². The molecule has 1 aromatic carbocycles. The lowest BCUT2D eigenvalue weighted by Gasteiger charge is -2.28. The van der Waals surface area contributed by atoms with Crippen LogP contribution in [0.3, 0.4) is 0 Å². The van der Waals surface area contributed by atoms with Gasteiger partial charge in [0.05, 0.1) is 23.5 Å². The fourth-order valence-corrected chi connectivity index (χ4v) is 5.25. The molecule has 1 aliphatic heterocycles. The molecule has 7 heteroatoms. The van der Waals surface area contributed by atoms with Crippen LogP contribution < -0.4 is 5.32 Å². The summed E-state index contributed by atoms with van der Waals surface area (Å²) in [5.41, 5.74) is 5.79. The fraction of sp³-hybridized carbons (Fsp3) is 0.333. The molecule has 2 aromatic heterocycles. The first-order chi connectivity index (χ1) is 15.0. The molecule has 2 atom stereocenters. The van der Waals surface area contributed by atoms with E-state index in [-0.39, 0.29) is 12.1 Å². The van der Waals surface area contributed by atoms with E-state index in [1.807, 2.05) is 24.4 Å². The van der Waals surface area contributed by atoms with Crippen molar-refractivity contribution < 1.29 is 4.74 Å². The molecule has 1 aliphatic rings. The number of aryl methyl sites for hydroxylation is 1. The Hall–Kier alpha value is -2.22. The third-order valence-electron chi connectivity index (χ3n) is 5.83. The van der Waals surface area contributed by atoms with Crippen LogP contribution in [0.25, 0.3) is 5.69 Å². The van der Waals surface area contributed by atoms with Crippen molar-refractivity contribution in [2.24, 2.45) is 0 Å². The first kappa shape index (κ1) is 22.0. The van der Waals surface area contributed by atoms with Crippen molar-refractivity contribution in [3.8, 4) is 5.69 Å². The topological polar surface area (TPSA) is 42.3 Å². The number of hydrogen-bond acceptors (Lipinski definition) is 3. The van der Waals surface area contributed by atoms with E-state index >= 15 is 0 Å². The van der Waals surface area contributed by atoms with Crippen molar-refractivity contribution in [1.29, 1.82) is 0 Å². The number of hydrogen-bond donors (Lipinski definition) is 1. The standard InChI is InChI=1S/C24H27BrN4OS/c1-16-15-18(17(2)29(16)21-11-5-4-9-19(21)25)23-22(20-10-6-7-12-26-20)27-24(31)28(23)13-8-14-30-3/h4-7,9-12,15,22-23H,8,13-14H2,1-3H3,(H,27,31). The maximum Gasteiger partial charge on any atom is 0.170 e. The molecular weight excluding hydrogens is 472 g/mol. The minimum Gasteiger partial charge on any atom is -0.385 e. The van der Waals surface area contributed by atoms with Crippen molar-refractivity contribution in [3.63, 3.8) is 0 Å². The zero-order valence-corrected chi connectivity index (χ0v) is 20.4. The zero-order chi connectivity index (χ0) is 22.0. The van der Waals surface area contributed by atoms with E-state index < -0.39 is 0 Å². The summed E-state index contributed by atoms with van der Waals surface area (Å²) in [6, 6.07) is 16.7. The Labute approximate surface area is 197 Å². The lowest BCUT2D eigenvalue weighted by atomic mass is 9.96. The third-order valence-corrected chi connectivity index (χ3v) is 6.85. The largest absolute Gasteiger partial charge is 0.385 e. The average Bonchev–Trinajstić information content (AvgIpc) is 3.25. The predicted octanol–water partition coefficient (Wildman–Crippen LogP) is 5.26. The van der Waals surface area contributed by atoms with E-state index in [1.165, 1.54) is 17.0 Å². The first-order valence-electron chi connectivity index (χ1n) is 10.4. The van der Waals surface area contributed by atoms with Gasteiger partial charge in [-0.15, -0.1) is 0 Å². The van der Waals surface area contributed by atoms with Crippen LogP contribution in [-0.4, -0.2) is 39.8 Å². The van der Waals surface area contributed by atoms with Gasteiger partial charge in [-0.2, -0.15) is 0 Å². The van der Waals surface area contributed by atoms with Gasteiger partial charge in [0.25, 0.3) is 0 Å². The van der Waals surface area contributed by atoms with Crippen LogP contribution in [-0.2, 0) is 4.74 Å². The van der Waals surface area contributed by atoms with Gasteiger partial charge in [-0.1, -0.05) is 18.2 Å². The average molecular weight is 499 g/mol. The Morgan fingerprint density at radius 1 is 1.16 bits per heavy atom. The Balaban J connectivity index is 1.80. The molecule has 31 heavy (non-hydrogen) atoms. The highest BCUT2D eigenvalue weighted by atomic mass is 79.9. The predicted molar refractivity (Wildman–Crippen MR) is 132 cm³/mol. The van der Waals surface area contributed by atoms with Gasteiger partial charge in [0.15, 0.2) is 5.11 Å². The van der Waals surface area contributed by atoms with Gasteiger partial charge in [-0.05, 0) is 84.3 Å². The molecule has 3 aromatic rings. The second-order valence-corrected chi connectivity index (χ2v) is 9.02. The van der Waals surface area contributed by atoms with Crippen LogP contribution in [0.4, 0.5) is 0 Å². The number of ether oxygens (including phenoxy) is 1. The lowest BCUT2D eigenvalue weighted by Crippen LogP contribution is -2.31. The highest BCUT2D eigenvalue weighted by Gasteiger charge is 2.41. The summed E-state index contributed by atoms with van der Waals surface area (Å²) in [6.07, 6.45) is 2.75. The van der Waals surface area contributed by atoms with Crippen molar-refractivity contribution in [3.05, 3.63) is 81.8 Å². The van der Waals surface area contributed by atoms with E-state index in [2.05, 4.69) is 79.9 Å². The highest BCUT2D eigenvalue weighted by molar-refractivity contribution is 9.10. The minimum atomic E-state index is -0.00981. The molecule has 0 bridgehead atoms. The number of aromatic nitrogens is 2. The van der Waals surface area contributed by atoms with Crippen molar-refractivity contribution >= 4 is 33.3 Å². The summed E-state index contributed by atoms with van der Waals surface area (Å²) in [5, 5.41) is 4.30. The Morgan fingerprint density at radius 3 is 2.65 bits per heavy atom. The van der Waals surface area contributed by atoms with Gasteiger partial charge < -0.3 is 19.5 Å². The normalized spacial score (nSPS) is 18.5. The molecule has 4 rings (SSSR count). The smallest absolute Gasteiger partial charge is 0.170 e. The minimum absolute atomic E-state index is 0.00981. The van der Waals surface area contributed by atoms with Gasteiger partial charge in [0, 0.05) is 42.3 Å². The first-order valence-corrected chi connectivity index (χ1v) is 11.6. The van der Waals surface area contributed by atoms with Crippen LogP contribution in [0.2, 0.25) is 0 Å². The molecule has 162 valence electrons. The molecule has 0 amide bonds. The van der Waals surface area contributed by atoms with Gasteiger partial charge in [0.1, 0.15) is 0 Å². The summed E-state index contributed by atoms with van der Waals surface area (Å²) in [7, 11) is 1.74. The van der Waals surface area contributed by atoms with Crippen LogP contribution in [0.5, 0.6) is 0 Å². The summed E-state index contributed by atoms with van der Waals surface area (Å²) in [5.74, 6) is 0. The van der Waals surface area contributed by atoms with Crippen molar-refractivity contribution in [2.75, 3.05) is 20.3 Å². The molecule has 2 unspecified atom stereocenters. The third kappa shape index (κ3) is 4.27. The Morgan fingerprint density at radius 2 is 1.94 bits per heavy atom. The molecule has 1 N–H and O–H groups in total. The number of nitrogens with zero attached hydrogens (tertiary/aromatic N) is 3. The lowest BCUT2D eigenvalue weighted by molar-refractivity contribution is 0.180. The van der Waals surface area contributed by atoms with Crippen LogP contribution in [0, 0.1) is 13.8 Å². The molecule has 5 nitrogen and oxygen atoms in total. The number of thiocarbonyl (C=S) groups is 1. The Bertz CT molecular complexity index is 1070. The molecule has 0 spiro atoms. The molecular formula is C24H27BrN4OS. The second-order valence-electron chi connectivity index (χ2n) is 7.78. The number of rotatable bonds is 7. The van der Waals surface area contributed by atoms with Gasteiger partial charge in [-0.3, -0.25) is 4.98 Å². The van der Waals surface area contributed by atoms with Crippen molar-refractivity contribution in [1.82, 2.24) is 19.8 Å².